The van der Waals surface area contributed by atoms with Gasteiger partial charge in [0, 0.05) is 52.6 Å². The maximum atomic E-state index is 12.6. The lowest BCUT2D eigenvalue weighted by Crippen LogP contribution is -2.37. The lowest BCUT2D eigenvalue weighted by atomic mass is 9.70. The topological polar surface area (TPSA) is 89.7 Å². The number of hydrogen-bond donors (Lipinski definition) is 2. The minimum Gasteiger partial charge on any atom is -0.493 e. The van der Waals surface area contributed by atoms with E-state index in [4.69, 9.17) is 31.8 Å². The van der Waals surface area contributed by atoms with E-state index in [2.05, 4.69) is 58.8 Å². The molecule has 4 aromatic rings. The van der Waals surface area contributed by atoms with E-state index in [-0.39, 0.29) is 11.9 Å². The first-order chi connectivity index (χ1) is 25.4. The van der Waals surface area contributed by atoms with E-state index in [0.717, 1.165) is 116 Å². The molecule has 9 heteroatoms. The van der Waals surface area contributed by atoms with Crippen molar-refractivity contribution in [3.63, 3.8) is 0 Å². The number of benzene rings is 3. The summed E-state index contributed by atoms with van der Waals surface area (Å²) in [5.41, 5.74) is 16.4. The lowest BCUT2D eigenvalue weighted by Gasteiger charge is -2.38. The molecule has 1 amide bonds. The second-order valence-corrected chi connectivity index (χ2v) is 16.2. The fraction of sp³-hybridized carbons (Fsp3) is 0.442. The van der Waals surface area contributed by atoms with Crippen LogP contribution in [-0.2, 0) is 17.6 Å². The summed E-state index contributed by atoms with van der Waals surface area (Å²) in [6.45, 7) is 2.75. The number of fused-ring (bicyclic) bond motifs is 6. The van der Waals surface area contributed by atoms with E-state index in [0.29, 0.717) is 23.3 Å². The smallest absolute Gasteiger partial charge is 0.220 e. The molecule has 3 aliphatic rings. The fourth-order valence-corrected chi connectivity index (χ4v) is 9.70. The van der Waals surface area contributed by atoms with E-state index in [1.54, 1.807) is 14.2 Å². The van der Waals surface area contributed by atoms with Crippen molar-refractivity contribution in [1.29, 1.82) is 0 Å². The Balaban J connectivity index is 0.808. The second kappa shape index (κ2) is 17.0. The first-order valence-electron chi connectivity index (χ1n) is 18.9. The van der Waals surface area contributed by atoms with Gasteiger partial charge in [0.1, 0.15) is 0 Å². The maximum Gasteiger partial charge on any atom is 0.220 e. The van der Waals surface area contributed by atoms with Crippen LogP contribution in [0.4, 0.5) is 5.69 Å². The predicted octanol–water partition coefficient (Wildman–Crippen LogP) is 8.91. The first kappa shape index (κ1) is 36.6. The molecular formula is C43H51ClN4O3S. The number of hydrogen-bond acceptors (Lipinski definition) is 7. The molecule has 1 aromatic heterocycles. The number of rotatable bonds is 15. The molecule has 3 aromatic carbocycles. The number of carbonyl (C=O) groups is 1. The normalized spacial score (nSPS) is 19.4. The molecule has 1 unspecified atom stereocenters. The minimum absolute atomic E-state index is 0.160. The van der Waals surface area contributed by atoms with Gasteiger partial charge in [-0.05, 0) is 123 Å². The molecule has 3 atom stereocenters. The highest BCUT2D eigenvalue weighted by Crippen LogP contribution is 2.47. The van der Waals surface area contributed by atoms with Crippen molar-refractivity contribution < 1.29 is 14.3 Å². The molecule has 0 saturated heterocycles. The van der Waals surface area contributed by atoms with Gasteiger partial charge in [-0.15, -0.1) is 0 Å². The molecule has 7 nitrogen and oxygen atoms in total. The SMILES string of the molecule is COc1cc2c(cc1OC)C(c1ccccc1)N(CCCSCCC(=O)NCCCCC1=C[C@@H]3Cc4nc5cc(Cl)ccc5c(N)c4[C@@H](C1)C3)CC2. The van der Waals surface area contributed by atoms with Gasteiger partial charge in [0.25, 0.3) is 0 Å². The minimum atomic E-state index is 0.160. The first-order valence-corrected chi connectivity index (χ1v) is 20.4. The number of aromatic nitrogens is 1. The van der Waals surface area contributed by atoms with Gasteiger partial charge >= 0.3 is 0 Å². The van der Waals surface area contributed by atoms with Crippen LogP contribution in [0, 0.1) is 5.92 Å². The molecule has 274 valence electrons. The summed E-state index contributed by atoms with van der Waals surface area (Å²) in [7, 11) is 3.40. The summed E-state index contributed by atoms with van der Waals surface area (Å²) >= 11 is 8.12. The number of pyridine rings is 1. The maximum absolute atomic E-state index is 12.6. The Hall–Kier alpha value is -3.72. The molecule has 0 radical (unpaired) electrons. The van der Waals surface area contributed by atoms with Crippen LogP contribution in [0.1, 0.15) is 84.9 Å². The van der Waals surface area contributed by atoms with Crippen molar-refractivity contribution in [1.82, 2.24) is 15.2 Å². The zero-order valence-electron chi connectivity index (χ0n) is 30.5. The third kappa shape index (κ3) is 8.24. The van der Waals surface area contributed by atoms with E-state index in [1.807, 2.05) is 30.0 Å². The van der Waals surface area contributed by atoms with Gasteiger partial charge in [0.15, 0.2) is 11.5 Å². The van der Waals surface area contributed by atoms with Gasteiger partial charge in [-0.3, -0.25) is 14.7 Å². The number of methoxy groups -OCH3 is 2. The van der Waals surface area contributed by atoms with Crippen LogP contribution >= 0.6 is 23.4 Å². The van der Waals surface area contributed by atoms with Crippen molar-refractivity contribution >= 4 is 45.9 Å². The van der Waals surface area contributed by atoms with Crippen LogP contribution in [-0.4, -0.2) is 61.2 Å². The molecule has 0 fully saturated rings. The molecule has 0 saturated carbocycles. The Kier molecular flexibility index (Phi) is 11.9. The highest BCUT2D eigenvalue weighted by molar-refractivity contribution is 7.99. The monoisotopic (exact) mass is 738 g/mol. The Morgan fingerprint density at radius 2 is 1.85 bits per heavy atom. The number of nitrogens with two attached hydrogens (primary N) is 1. The number of carbonyl (C=O) groups excluding carboxylic acids is 1. The average molecular weight is 739 g/mol. The van der Waals surface area contributed by atoms with E-state index < -0.39 is 0 Å². The predicted molar refractivity (Wildman–Crippen MR) is 215 cm³/mol. The molecule has 2 bridgehead atoms. The van der Waals surface area contributed by atoms with Crippen LogP contribution < -0.4 is 20.5 Å². The Labute approximate surface area is 317 Å². The molecule has 1 aliphatic heterocycles. The van der Waals surface area contributed by atoms with Crippen LogP contribution in [0.2, 0.25) is 5.02 Å². The second-order valence-electron chi connectivity index (χ2n) is 14.5. The fourth-order valence-electron chi connectivity index (χ4n) is 8.67. The highest BCUT2D eigenvalue weighted by atomic mass is 35.5. The Morgan fingerprint density at radius 1 is 1.02 bits per heavy atom. The number of anilines is 1. The summed E-state index contributed by atoms with van der Waals surface area (Å²) in [5.74, 6) is 4.58. The van der Waals surface area contributed by atoms with Crippen LogP contribution in [0.15, 0.2) is 72.3 Å². The largest absolute Gasteiger partial charge is 0.493 e. The summed E-state index contributed by atoms with van der Waals surface area (Å²) in [4.78, 5) is 20.2. The summed E-state index contributed by atoms with van der Waals surface area (Å²) in [6, 6.07) is 21.1. The zero-order valence-corrected chi connectivity index (χ0v) is 32.0. The summed E-state index contributed by atoms with van der Waals surface area (Å²) in [5, 5.41) is 4.87. The summed E-state index contributed by atoms with van der Waals surface area (Å²) in [6.07, 6.45) is 11.5. The van der Waals surface area contributed by atoms with E-state index in [1.165, 1.54) is 27.8 Å². The van der Waals surface area contributed by atoms with Gasteiger partial charge in [-0.1, -0.05) is 53.6 Å². The molecular weight excluding hydrogens is 688 g/mol. The number of ether oxygens (including phenoxy) is 2. The average Bonchev–Trinajstić information content (AvgIpc) is 3.15. The standard InChI is InChI=1S/C43H51ClN4O3S/c1-50-38-25-31-14-18-48(43(30-10-4-3-5-11-30)35(31)27-39(38)51-2)17-8-19-52-20-15-40(49)46-16-7-6-9-28-21-29-23-32(22-28)41-37(24-29)47-36-26-33(44)12-13-34(36)42(41)45/h3-5,10-13,21,25-27,29,32,43H,6-9,14-20,22-24H2,1-2H3,(H2,45,47)(H,46,49)/t29-,32-,43?/m0/s1. The number of halogens is 1. The van der Waals surface area contributed by atoms with Gasteiger partial charge in [0.05, 0.1) is 25.8 Å². The molecule has 2 heterocycles. The number of nitrogens with one attached hydrogen (secondary N) is 1. The third-order valence-electron chi connectivity index (χ3n) is 11.1. The number of amides is 1. The van der Waals surface area contributed by atoms with Crippen molar-refractivity contribution in [2.75, 3.05) is 51.1 Å². The quantitative estimate of drug-likeness (QED) is 0.0930. The van der Waals surface area contributed by atoms with Crippen LogP contribution in [0.5, 0.6) is 11.5 Å². The van der Waals surface area contributed by atoms with Gasteiger partial charge < -0.3 is 20.5 Å². The molecule has 2 aliphatic carbocycles. The van der Waals surface area contributed by atoms with Crippen molar-refractivity contribution in [2.24, 2.45) is 5.92 Å². The number of unbranched alkanes of at least 4 members (excludes halogenated alkanes) is 1. The number of thioether (sulfide) groups is 1. The number of allylic oxidation sites excluding steroid dienone is 2. The number of nitrogen functional groups attached to an aromatic ring is 1. The van der Waals surface area contributed by atoms with Crippen molar-refractivity contribution in [3.05, 3.63) is 105 Å². The van der Waals surface area contributed by atoms with Gasteiger partial charge in [0.2, 0.25) is 5.91 Å². The van der Waals surface area contributed by atoms with Crippen molar-refractivity contribution in [2.45, 2.75) is 69.7 Å². The molecule has 7 rings (SSSR count). The van der Waals surface area contributed by atoms with Gasteiger partial charge in [-0.25, -0.2) is 0 Å². The zero-order chi connectivity index (χ0) is 36.0. The number of nitrogens with zero attached hydrogens (tertiary/aromatic N) is 2. The summed E-state index contributed by atoms with van der Waals surface area (Å²) < 4.78 is 11.3. The van der Waals surface area contributed by atoms with Crippen LogP contribution in [0.25, 0.3) is 10.9 Å². The Bertz CT molecular complexity index is 1920. The highest BCUT2D eigenvalue weighted by Gasteiger charge is 2.34. The molecule has 0 spiro atoms. The lowest BCUT2D eigenvalue weighted by molar-refractivity contribution is -0.120. The van der Waals surface area contributed by atoms with Gasteiger partial charge in [-0.2, -0.15) is 11.8 Å². The Morgan fingerprint density at radius 3 is 2.67 bits per heavy atom. The van der Waals surface area contributed by atoms with Crippen LogP contribution in [0.3, 0.4) is 0 Å². The third-order valence-corrected chi connectivity index (χ3v) is 12.4. The van der Waals surface area contributed by atoms with E-state index in [9.17, 15) is 4.79 Å². The molecule has 52 heavy (non-hydrogen) atoms. The van der Waals surface area contributed by atoms with Crippen molar-refractivity contribution in [3.8, 4) is 11.5 Å². The van der Waals surface area contributed by atoms with E-state index >= 15 is 0 Å². The molecule has 3 N–H and O–H groups in total.